The third-order valence-electron chi connectivity index (χ3n) is 11.2. The smallest absolute Gasteiger partial charge is 0.320 e. The van der Waals surface area contributed by atoms with E-state index in [1.165, 1.54) is 135 Å². The summed E-state index contributed by atoms with van der Waals surface area (Å²) in [4.78, 5) is 14.2. The van der Waals surface area contributed by atoms with E-state index in [0.717, 1.165) is 83.7 Å². The van der Waals surface area contributed by atoms with Crippen LogP contribution in [0.25, 0.3) is 0 Å². The molecule has 0 aromatic rings. The van der Waals surface area contributed by atoms with E-state index in [1.807, 2.05) is 0 Å². The summed E-state index contributed by atoms with van der Waals surface area (Å²) < 4.78 is 0. The Morgan fingerprint density at radius 2 is 0.885 bits per heavy atom. The van der Waals surface area contributed by atoms with Gasteiger partial charge in [-0.2, -0.15) is 0 Å². The van der Waals surface area contributed by atoms with Gasteiger partial charge in [-0.15, -0.1) is 0 Å². The van der Waals surface area contributed by atoms with E-state index in [9.17, 15) is 15.0 Å². The van der Waals surface area contributed by atoms with Crippen molar-refractivity contribution in [1.82, 2.24) is 4.90 Å². The van der Waals surface area contributed by atoms with Crippen molar-refractivity contribution in [1.29, 1.82) is 0 Å². The maximum absolute atomic E-state index is 12.0. The van der Waals surface area contributed by atoms with Crippen LogP contribution in [0.2, 0.25) is 0 Å². The Labute approximate surface area is 324 Å². The lowest BCUT2D eigenvalue weighted by Crippen LogP contribution is -2.44. The molecule has 0 radical (unpaired) electrons. The van der Waals surface area contributed by atoms with Gasteiger partial charge in [0.1, 0.15) is 6.04 Å². The van der Waals surface area contributed by atoms with Gasteiger partial charge in [-0.1, -0.05) is 172 Å². The standard InChI is InChI=1S/C48H87NO3/c1-3-5-7-9-11-13-15-17-19-21-23-25-27-29-31-35-41-48(52,43-37-34-40-46(47(50)51)49-44-38-33-39-45-49)42-36-32-30-28-26-24-22-20-18-16-14-12-10-8-6-4-2/h11-14,17-20,46,52H,3-10,15-16,21-45H2,1-2H3,(H,50,51)/b13-11-,14-12-,19-17-,20-18-. The van der Waals surface area contributed by atoms with E-state index in [1.54, 1.807) is 0 Å². The van der Waals surface area contributed by atoms with Gasteiger partial charge in [-0.3, -0.25) is 9.69 Å². The average molecular weight is 726 g/mol. The van der Waals surface area contributed by atoms with Crippen LogP contribution < -0.4 is 0 Å². The quantitative estimate of drug-likeness (QED) is 0.0494. The Bertz CT molecular complexity index is 851. The van der Waals surface area contributed by atoms with Crippen LogP contribution >= 0.6 is 0 Å². The number of allylic oxidation sites excluding steroid dienone is 8. The van der Waals surface area contributed by atoms with E-state index >= 15 is 0 Å². The van der Waals surface area contributed by atoms with Crippen molar-refractivity contribution in [2.24, 2.45) is 0 Å². The van der Waals surface area contributed by atoms with Gasteiger partial charge >= 0.3 is 5.97 Å². The van der Waals surface area contributed by atoms with Crippen LogP contribution in [0.1, 0.15) is 226 Å². The van der Waals surface area contributed by atoms with Crippen molar-refractivity contribution in [3.8, 4) is 0 Å². The molecule has 52 heavy (non-hydrogen) atoms. The molecular formula is C48H87NO3. The number of carboxylic acid groups (broad SMARTS) is 1. The van der Waals surface area contributed by atoms with Gasteiger partial charge in [0.05, 0.1) is 5.60 Å². The highest BCUT2D eigenvalue weighted by atomic mass is 16.4. The lowest BCUT2D eigenvalue weighted by Gasteiger charge is -2.32. The molecule has 0 aromatic heterocycles. The largest absolute Gasteiger partial charge is 0.480 e. The summed E-state index contributed by atoms with van der Waals surface area (Å²) in [6, 6.07) is -0.353. The number of likely N-dealkylation sites (tertiary alicyclic amines) is 1. The number of piperidine rings is 1. The van der Waals surface area contributed by atoms with Crippen LogP contribution in [0, 0.1) is 0 Å². The second kappa shape index (κ2) is 36.3. The van der Waals surface area contributed by atoms with Gasteiger partial charge in [0.2, 0.25) is 0 Å². The zero-order valence-electron chi connectivity index (χ0n) is 34.7. The number of hydrogen-bond acceptors (Lipinski definition) is 3. The molecule has 1 aliphatic rings. The summed E-state index contributed by atoms with van der Waals surface area (Å²) in [5.41, 5.74) is -0.589. The second-order valence-electron chi connectivity index (χ2n) is 16.1. The predicted molar refractivity (Wildman–Crippen MR) is 228 cm³/mol. The number of nitrogens with zero attached hydrogens (tertiary/aromatic N) is 1. The van der Waals surface area contributed by atoms with Crippen molar-refractivity contribution in [3.05, 3.63) is 48.6 Å². The number of aliphatic carboxylic acids is 1. The summed E-state index contributed by atoms with van der Waals surface area (Å²) in [7, 11) is 0. The Morgan fingerprint density at radius 1 is 0.519 bits per heavy atom. The molecule has 0 aliphatic carbocycles. The molecule has 1 rings (SSSR count). The molecule has 1 saturated heterocycles. The molecule has 302 valence electrons. The number of rotatable bonds is 37. The average Bonchev–Trinajstić information content (AvgIpc) is 3.14. The third kappa shape index (κ3) is 29.8. The van der Waals surface area contributed by atoms with E-state index in [0.29, 0.717) is 6.42 Å². The highest BCUT2D eigenvalue weighted by Crippen LogP contribution is 2.29. The van der Waals surface area contributed by atoms with Crippen molar-refractivity contribution in [2.75, 3.05) is 13.1 Å². The lowest BCUT2D eigenvalue weighted by molar-refractivity contribution is -0.144. The van der Waals surface area contributed by atoms with Crippen LogP contribution in [0.4, 0.5) is 0 Å². The Balaban J connectivity index is 2.32. The minimum absolute atomic E-state index is 0.353. The van der Waals surface area contributed by atoms with Crippen molar-refractivity contribution >= 4 is 5.97 Å². The first-order chi connectivity index (χ1) is 25.5. The van der Waals surface area contributed by atoms with Gasteiger partial charge < -0.3 is 10.2 Å². The molecule has 1 fully saturated rings. The number of aliphatic hydroxyl groups is 1. The van der Waals surface area contributed by atoms with E-state index < -0.39 is 11.6 Å². The minimum Gasteiger partial charge on any atom is -0.480 e. The first kappa shape index (κ1) is 48.4. The van der Waals surface area contributed by atoms with Gasteiger partial charge in [0.15, 0.2) is 0 Å². The molecular weight excluding hydrogens is 639 g/mol. The zero-order valence-corrected chi connectivity index (χ0v) is 34.7. The Hall–Kier alpha value is -1.65. The van der Waals surface area contributed by atoms with Gasteiger partial charge in [0, 0.05) is 0 Å². The molecule has 0 spiro atoms. The van der Waals surface area contributed by atoms with E-state index in [4.69, 9.17) is 0 Å². The summed E-state index contributed by atoms with van der Waals surface area (Å²) in [6.07, 6.45) is 57.1. The molecule has 2 N–H and O–H groups in total. The van der Waals surface area contributed by atoms with Gasteiger partial charge in [-0.05, 0) is 116 Å². The fraction of sp³-hybridized carbons (Fsp3) is 0.812. The monoisotopic (exact) mass is 726 g/mol. The zero-order chi connectivity index (χ0) is 37.6. The van der Waals surface area contributed by atoms with Crippen LogP contribution in [0.15, 0.2) is 48.6 Å². The Kier molecular flexibility index (Phi) is 33.8. The molecule has 1 unspecified atom stereocenters. The highest BCUT2D eigenvalue weighted by Gasteiger charge is 2.28. The summed E-state index contributed by atoms with van der Waals surface area (Å²) in [5, 5.41) is 21.7. The molecule has 4 heteroatoms. The van der Waals surface area contributed by atoms with Crippen LogP contribution in [0.3, 0.4) is 0 Å². The fourth-order valence-corrected chi connectivity index (χ4v) is 7.74. The van der Waals surface area contributed by atoms with Crippen LogP contribution in [-0.2, 0) is 4.79 Å². The van der Waals surface area contributed by atoms with Crippen molar-refractivity contribution < 1.29 is 15.0 Å². The maximum atomic E-state index is 12.0. The van der Waals surface area contributed by atoms with Gasteiger partial charge in [-0.25, -0.2) is 0 Å². The van der Waals surface area contributed by atoms with Crippen molar-refractivity contribution in [3.63, 3.8) is 0 Å². The number of unbranched alkanes of at least 4 members (excludes halogenated alkanes) is 19. The molecule has 0 aromatic carbocycles. The fourth-order valence-electron chi connectivity index (χ4n) is 7.74. The number of carbonyl (C=O) groups is 1. The molecule has 4 nitrogen and oxygen atoms in total. The third-order valence-corrected chi connectivity index (χ3v) is 11.2. The molecule has 1 heterocycles. The van der Waals surface area contributed by atoms with E-state index in [2.05, 4.69) is 67.4 Å². The van der Waals surface area contributed by atoms with E-state index in [-0.39, 0.29) is 6.04 Å². The number of carboxylic acids is 1. The second-order valence-corrected chi connectivity index (χ2v) is 16.1. The van der Waals surface area contributed by atoms with Crippen LogP contribution in [-0.4, -0.2) is 45.8 Å². The summed E-state index contributed by atoms with van der Waals surface area (Å²) in [5.74, 6) is -0.667. The molecule has 0 saturated carbocycles. The highest BCUT2D eigenvalue weighted by molar-refractivity contribution is 5.73. The number of hydrogen-bond donors (Lipinski definition) is 2. The topological polar surface area (TPSA) is 60.8 Å². The molecule has 1 aliphatic heterocycles. The summed E-state index contributed by atoms with van der Waals surface area (Å²) >= 11 is 0. The Morgan fingerprint density at radius 3 is 1.29 bits per heavy atom. The first-order valence-corrected chi connectivity index (χ1v) is 22.8. The summed E-state index contributed by atoms with van der Waals surface area (Å²) in [6.45, 7) is 6.35. The molecule has 0 amide bonds. The van der Waals surface area contributed by atoms with Crippen LogP contribution in [0.5, 0.6) is 0 Å². The SMILES string of the molecule is CCCCC/C=C\C/C=C\CCCCCCCCC(O)(CCCCCCCC/C=C\C/C=C\CCCCC)CCCCC(C(=O)O)N1CCCCC1. The molecule has 1 atom stereocenters. The first-order valence-electron chi connectivity index (χ1n) is 22.8. The normalized spacial score (nSPS) is 15.3. The maximum Gasteiger partial charge on any atom is 0.320 e. The van der Waals surface area contributed by atoms with Gasteiger partial charge in [0.25, 0.3) is 0 Å². The lowest BCUT2D eigenvalue weighted by atomic mass is 9.85. The minimum atomic E-state index is -0.667. The molecule has 0 bridgehead atoms. The predicted octanol–water partition coefficient (Wildman–Crippen LogP) is 14.6. The van der Waals surface area contributed by atoms with Crippen molar-refractivity contribution in [2.45, 2.75) is 237 Å².